The van der Waals surface area contributed by atoms with Crippen LogP contribution in [0.25, 0.3) is 0 Å². The maximum atomic E-state index is 13.2. The van der Waals surface area contributed by atoms with Gasteiger partial charge in [0.1, 0.15) is 23.2 Å². The molecular formula is C15H20FNO3. The van der Waals surface area contributed by atoms with Crippen molar-refractivity contribution in [2.45, 2.75) is 44.2 Å². The number of carbonyl (C=O) groups is 1. The van der Waals surface area contributed by atoms with Gasteiger partial charge in [-0.05, 0) is 57.0 Å². The second-order valence-corrected chi connectivity index (χ2v) is 5.38. The molecule has 0 heterocycles. The van der Waals surface area contributed by atoms with E-state index in [4.69, 9.17) is 4.74 Å². The largest absolute Gasteiger partial charge is 0.490 e. The summed E-state index contributed by atoms with van der Waals surface area (Å²) in [7, 11) is 1.67. The highest BCUT2D eigenvalue weighted by molar-refractivity contribution is 5.79. The van der Waals surface area contributed by atoms with Gasteiger partial charge in [-0.1, -0.05) is 0 Å². The Morgan fingerprint density at radius 1 is 1.55 bits per heavy atom. The van der Waals surface area contributed by atoms with Gasteiger partial charge in [-0.15, -0.1) is 0 Å². The first-order valence-corrected chi connectivity index (χ1v) is 6.82. The third-order valence-electron chi connectivity index (χ3n) is 4.03. The minimum atomic E-state index is -0.919. The van der Waals surface area contributed by atoms with Gasteiger partial charge in [0.15, 0.2) is 0 Å². The lowest BCUT2D eigenvalue weighted by Crippen LogP contribution is -2.55. The van der Waals surface area contributed by atoms with Crippen LogP contribution in [0.4, 0.5) is 4.39 Å². The van der Waals surface area contributed by atoms with E-state index in [9.17, 15) is 14.3 Å². The first-order chi connectivity index (χ1) is 9.47. The van der Waals surface area contributed by atoms with Crippen molar-refractivity contribution >= 4 is 5.97 Å². The summed E-state index contributed by atoms with van der Waals surface area (Å²) in [6, 6.07) is 4.60. The van der Waals surface area contributed by atoms with Gasteiger partial charge >= 0.3 is 5.97 Å². The number of aryl methyl sites for hydroxylation is 1. The van der Waals surface area contributed by atoms with E-state index in [1.165, 1.54) is 6.07 Å². The van der Waals surface area contributed by atoms with Crippen molar-refractivity contribution in [1.82, 2.24) is 5.32 Å². The van der Waals surface area contributed by atoms with Gasteiger partial charge in [0.05, 0.1) is 0 Å². The molecule has 2 unspecified atom stereocenters. The molecule has 1 saturated carbocycles. The molecule has 0 saturated heterocycles. The van der Waals surface area contributed by atoms with Crippen LogP contribution < -0.4 is 10.1 Å². The fourth-order valence-corrected chi connectivity index (χ4v) is 2.74. The van der Waals surface area contributed by atoms with Gasteiger partial charge in [-0.3, -0.25) is 4.79 Å². The molecule has 110 valence electrons. The zero-order valence-corrected chi connectivity index (χ0v) is 11.8. The molecule has 1 aliphatic carbocycles. The van der Waals surface area contributed by atoms with E-state index in [-0.39, 0.29) is 11.9 Å². The molecule has 0 radical (unpaired) electrons. The molecule has 0 spiro atoms. The van der Waals surface area contributed by atoms with E-state index < -0.39 is 11.5 Å². The van der Waals surface area contributed by atoms with Crippen LogP contribution in [0.3, 0.4) is 0 Å². The molecule has 1 fully saturated rings. The Morgan fingerprint density at radius 2 is 2.30 bits per heavy atom. The van der Waals surface area contributed by atoms with Gasteiger partial charge in [-0.25, -0.2) is 4.39 Å². The average molecular weight is 281 g/mol. The number of nitrogens with one attached hydrogen (secondary N) is 1. The van der Waals surface area contributed by atoms with Gasteiger partial charge in [0.2, 0.25) is 0 Å². The second kappa shape index (κ2) is 5.79. The Kier molecular flexibility index (Phi) is 4.28. The number of halogens is 1. The summed E-state index contributed by atoms with van der Waals surface area (Å²) in [6.45, 7) is 1.68. The number of ether oxygens (including phenoxy) is 1. The number of carboxylic acids is 1. The van der Waals surface area contributed by atoms with E-state index in [1.807, 2.05) is 0 Å². The molecule has 1 aromatic carbocycles. The smallest absolute Gasteiger partial charge is 0.324 e. The number of rotatable bonds is 4. The van der Waals surface area contributed by atoms with E-state index in [0.717, 1.165) is 12.8 Å². The van der Waals surface area contributed by atoms with Crippen LogP contribution in [0.2, 0.25) is 0 Å². The van der Waals surface area contributed by atoms with E-state index in [1.54, 1.807) is 26.1 Å². The number of carboxylic acid groups (broad SMARTS) is 1. The van der Waals surface area contributed by atoms with Crippen LogP contribution in [0.1, 0.15) is 31.2 Å². The maximum Gasteiger partial charge on any atom is 0.324 e. The summed E-state index contributed by atoms with van der Waals surface area (Å²) < 4.78 is 19.0. The first-order valence-electron chi connectivity index (χ1n) is 6.82. The van der Waals surface area contributed by atoms with Crippen LogP contribution in [-0.4, -0.2) is 29.8 Å². The van der Waals surface area contributed by atoms with Crippen molar-refractivity contribution < 1.29 is 19.0 Å². The molecule has 5 heteroatoms. The minimum Gasteiger partial charge on any atom is -0.490 e. The Morgan fingerprint density at radius 3 is 2.90 bits per heavy atom. The summed E-state index contributed by atoms with van der Waals surface area (Å²) in [6.07, 6.45) is 2.44. The third kappa shape index (κ3) is 2.93. The number of aliphatic carboxylic acids is 1. The Bertz CT molecular complexity index is 506. The fourth-order valence-electron chi connectivity index (χ4n) is 2.74. The highest BCUT2D eigenvalue weighted by Gasteiger charge is 2.42. The molecule has 0 bridgehead atoms. The fraction of sp³-hybridized carbons (Fsp3) is 0.533. The molecule has 2 atom stereocenters. The van der Waals surface area contributed by atoms with E-state index in [2.05, 4.69) is 5.32 Å². The van der Waals surface area contributed by atoms with Gasteiger partial charge in [0, 0.05) is 6.42 Å². The highest BCUT2D eigenvalue weighted by atomic mass is 19.1. The van der Waals surface area contributed by atoms with E-state index in [0.29, 0.717) is 24.2 Å². The van der Waals surface area contributed by atoms with Crippen molar-refractivity contribution in [3.63, 3.8) is 0 Å². The molecule has 2 rings (SSSR count). The highest BCUT2D eigenvalue weighted by Crippen LogP contribution is 2.31. The summed E-state index contributed by atoms with van der Waals surface area (Å²) in [5.41, 5.74) is -0.394. The van der Waals surface area contributed by atoms with E-state index >= 15 is 0 Å². The Labute approximate surface area is 117 Å². The van der Waals surface area contributed by atoms with Gasteiger partial charge in [0.25, 0.3) is 0 Å². The number of hydrogen-bond acceptors (Lipinski definition) is 3. The molecule has 0 aromatic heterocycles. The predicted molar refractivity (Wildman–Crippen MR) is 73.4 cm³/mol. The SMILES string of the molecule is CNC1(C(=O)O)CCCC(Oc2ccc(F)c(C)c2)C1. The molecule has 1 aromatic rings. The van der Waals surface area contributed by atoms with Crippen molar-refractivity contribution in [3.8, 4) is 5.75 Å². The molecular weight excluding hydrogens is 261 g/mol. The van der Waals surface area contributed by atoms with Crippen LogP contribution in [-0.2, 0) is 4.79 Å². The third-order valence-corrected chi connectivity index (χ3v) is 4.03. The van der Waals surface area contributed by atoms with Crippen molar-refractivity contribution in [1.29, 1.82) is 0 Å². The zero-order valence-electron chi connectivity index (χ0n) is 11.8. The Balaban J connectivity index is 2.09. The normalized spacial score (nSPS) is 26.2. The molecule has 0 amide bonds. The van der Waals surface area contributed by atoms with Crippen LogP contribution in [0.5, 0.6) is 5.75 Å². The van der Waals surface area contributed by atoms with Gasteiger partial charge < -0.3 is 15.2 Å². The lowest BCUT2D eigenvalue weighted by atomic mass is 9.80. The monoisotopic (exact) mass is 281 g/mol. The van der Waals surface area contributed by atoms with Crippen LogP contribution in [0, 0.1) is 12.7 Å². The predicted octanol–water partition coefficient (Wildman–Crippen LogP) is 2.50. The summed E-state index contributed by atoms with van der Waals surface area (Å²) >= 11 is 0. The Hall–Kier alpha value is -1.62. The maximum absolute atomic E-state index is 13.2. The zero-order chi connectivity index (χ0) is 14.8. The average Bonchev–Trinajstić information content (AvgIpc) is 2.43. The quantitative estimate of drug-likeness (QED) is 0.890. The summed E-state index contributed by atoms with van der Waals surface area (Å²) in [4.78, 5) is 11.4. The van der Waals surface area contributed by atoms with Crippen LogP contribution >= 0.6 is 0 Å². The standard InChI is InChI=1S/C15H20FNO3/c1-10-8-11(5-6-13(10)16)20-12-4-3-7-15(9-12,17-2)14(18)19/h5-6,8,12,17H,3-4,7,9H2,1-2H3,(H,18,19). The molecule has 0 aliphatic heterocycles. The number of benzene rings is 1. The van der Waals surface area contributed by atoms with Crippen molar-refractivity contribution in [2.75, 3.05) is 7.05 Å². The minimum absolute atomic E-state index is 0.169. The lowest BCUT2D eigenvalue weighted by Gasteiger charge is -2.37. The van der Waals surface area contributed by atoms with Crippen LogP contribution in [0.15, 0.2) is 18.2 Å². The van der Waals surface area contributed by atoms with Gasteiger partial charge in [-0.2, -0.15) is 0 Å². The second-order valence-electron chi connectivity index (χ2n) is 5.38. The first kappa shape index (κ1) is 14.8. The topological polar surface area (TPSA) is 58.6 Å². The van der Waals surface area contributed by atoms with Crippen molar-refractivity contribution in [3.05, 3.63) is 29.6 Å². The van der Waals surface area contributed by atoms with Crippen molar-refractivity contribution in [2.24, 2.45) is 0 Å². The molecule has 2 N–H and O–H groups in total. The number of likely N-dealkylation sites (N-methyl/N-ethyl adjacent to an activating group) is 1. The summed E-state index contributed by atoms with van der Waals surface area (Å²) in [5.74, 6) is -0.522. The number of hydrogen-bond donors (Lipinski definition) is 2. The molecule has 4 nitrogen and oxygen atoms in total. The molecule has 20 heavy (non-hydrogen) atoms. The lowest BCUT2D eigenvalue weighted by molar-refractivity contribution is -0.147. The molecule has 1 aliphatic rings. The summed E-state index contributed by atoms with van der Waals surface area (Å²) in [5, 5.41) is 12.3.